The van der Waals surface area contributed by atoms with Gasteiger partial charge in [0.25, 0.3) is 5.91 Å². The van der Waals surface area contributed by atoms with E-state index in [9.17, 15) is 9.59 Å². The number of amides is 2. The summed E-state index contributed by atoms with van der Waals surface area (Å²) in [4.78, 5) is 34.2. The van der Waals surface area contributed by atoms with E-state index in [4.69, 9.17) is 0 Å². The van der Waals surface area contributed by atoms with Crippen LogP contribution in [-0.2, 0) is 4.79 Å². The van der Waals surface area contributed by atoms with Gasteiger partial charge in [0.05, 0.1) is 12.1 Å². The summed E-state index contributed by atoms with van der Waals surface area (Å²) < 4.78 is 1.01. The maximum atomic E-state index is 13.1. The molecule has 1 N–H and O–H groups in total. The van der Waals surface area contributed by atoms with E-state index >= 15 is 0 Å². The fourth-order valence-corrected chi connectivity index (χ4v) is 4.12. The molecular weight excluding hydrogens is 440 g/mol. The first-order chi connectivity index (χ1) is 13.6. The lowest BCUT2D eigenvalue weighted by Gasteiger charge is -2.34. The predicted octanol–water partition coefficient (Wildman–Crippen LogP) is 2.89. The van der Waals surface area contributed by atoms with Crippen molar-refractivity contribution < 1.29 is 9.59 Å². The Morgan fingerprint density at radius 1 is 1.14 bits per heavy atom. The number of aromatic nitrogens is 1. The summed E-state index contributed by atoms with van der Waals surface area (Å²) in [5.74, 6) is 0.0214. The van der Waals surface area contributed by atoms with Crippen molar-refractivity contribution in [3.8, 4) is 0 Å². The van der Waals surface area contributed by atoms with Crippen LogP contribution in [0.25, 0.3) is 0 Å². The summed E-state index contributed by atoms with van der Waals surface area (Å²) in [6, 6.07) is 11.6. The lowest BCUT2D eigenvalue weighted by molar-refractivity contribution is -0.122. The molecule has 0 aliphatic carbocycles. The fourth-order valence-electron chi connectivity index (χ4n) is 2.98. The third-order valence-electron chi connectivity index (χ3n) is 4.43. The van der Waals surface area contributed by atoms with Crippen molar-refractivity contribution in [3.63, 3.8) is 0 Å². The highest BCUT2D eigenvalue weighted by atomic mass is 79.9. The normalized spacial score (nSPS) is 14.7. The lowest BCUT2D eigenvalue weighted by atomic mass is 10.2. The van der Waals surface area contributed by atoms with Crippen LogP contribution in [0.4, 0.5) is 0 Å². The van der Waals surface area contributed by atoms with E-state index in [1.54, 1.807) is 12.3 Å². The van der Waals surface area contributed by atoms with Gasteiger partial charge >= 0.3 is 0 Å². The van der Waals surface area contributed by atoms with Crippen molar-refractivity contribution in [1.82, 2.24) is 20.1 Å². The van der Waals surface area contributed by atoms with Crippen LogP contribution in [0.1, 0.15) is 17.3 Å². The Morgan fingerprint density at radius 3 is 2.54 bits per heavy atom. The smallest absolute Gasteiger partial charge is 0.256 e. The van der Waals surface area contributed by atoms with Crippen LogP contribution in [0.5, 0.6) is 0 Å². The number of pyridine rings is 1. The summed E-state index contributed by atoms with van der Waals surface area (Å²) in [5.41, 5.74) is 0.618. The van der Waals surface area contributed by atoms with Gasteiger partial charge in [-0.1, -0.05) is 27.7 Å². The number of hydrogen-bond acceptors (Lipinski definition) is 5. The van der Waals surface area contributed by atoms with E-state index in [0.717, 1.165) is 9.37 Å². The maximum absolute atomic E-state index is 13.1. The average molecular weight is 463 g/mol. The second kappa shape index (κ2) is 10.0. The van der Waals surface area contributed by atoms with Gasteiger partial charge in [0.2, 0.25) is 5.91 Å². The standard InChI is InChI=1S/C20H23BrN4O2S/c1-2-22-18(26)14-24-10-12-25(13-11-24)20(27)17-4-3-9-23-19(17)28-16-7-5-15(21)6-8-16/h3-9H,2,10-14H2,1H3,(H,22,26). The predicted molar refractivity (Wildman–Crippen MR) is 114 cm³/mol. The molecule has 0 saturated carbocycles. The van der Waals surface area contributed by atoms with Gasteiger partial charge in [0.1, 0.15) is 5.03 Å². The Labute approximate surface area is 177 Å². The van der Waals surface area contributed by atoms with Crippen molar-refractivity contribution in [3.05, 3.63) is 52.6 Å². The SMILES string of the molecule is CCNC(=O)CN1CCN(C(=O)c2cccnc2Sc2ccc(Br)cc2)CC1. The van der Waals surface area contributed by atoms with Crippen LogP contribution in [-0.4, -0.2) is 65.9 Å². The monoisotopic (exact) mass is 462 g/mol. The number of carbonyl (C=O) groups is 2. The maximum Gasteiger partial charge on any atom is 0.256 e. The van der Waals surface area contributed by atoms with Gasteiger partial charge < -0.3 is 10.2 Å². The molecule has 1 fully saturated rings. The van der Waals surface area contributed by atoms with Gasteiger partial charge in [-0.05, 0) is 43.3 Å². The number of hydrogen-bond donors (Lipinski definition) is 1. The topological polar surface area (TPSA) is 65.5 Å². The molecule has 1 aromatic carbocycles. The Hall–Kier alpha value is -1.90. The molecule has 2 amide bonds. The van der Waals surface area contributed by atoms with Gasteiger partial charge in [-0.15, -0.1) is 0 Å². The third kappa shape index (κ3) is 5.56. The van der Waals surface area contributed by atoms with E-state index in [2.05, 4.69) is 31.1 Å². The van der Waals surface area contributed by atoms with Crippen LogP contribution in [0.2, 0.25) is 0 Å². The van der Waals surface area contributed by atoms with Crippen LogP contribution in [0.15, 0.2) is 57.0 Å². The molecule has 2 aromatic rings. The number of nitrogens with zero attached hydrogens (tertiary/aromatic N) is 3. The summed E-state index contributed by atoms with van der Waals surface area (Å²) in [6.07, 6.45) is 1.71. The lowest BCUT2D eigenvalue weighted by Crippen LogP contribution is -2.51. The van der Waals surface area contributed by atoms with Crippen molar-refractivity contribution in [2.24, 2.45) is 0 Å². The molecule has 8 heteroatoms. The number of benzene rings is 1. The molecule has 6 nitrogen and oxygen atoms in total. The Kier molecular flexibility index (Phi) is 7.47. The van der Waals surface area contributed by atoms with E-state index in [1.165, 1.54) is 11.8 Å². The van der Waals surface area contributed by atoms with Gasteiger partial charge in [-0.2, -0.15) is 0 Å². The summed E-state index contributed by atoms with van der Waals surface area (Å²) >= 11 is 4.92. The van der Waals surface area contributed by atoms with Gasteiger partial charge in [0.15, 0.2) is 0 Å². The quantitative estimate of drug-likeness (QED) is 0.714. The minimum absolute atomic E-state index is 0.00892. The van der Waals surface area contributed by atoms with E-state index in [0.29, 0.717) is 49.9 Å². The number of piperazine rings is 1. The number of likely N-dealkylation sites (N-methyl/N-ethyl adjacent to an activating group) is 1. The van der Waals surface area contributed by atoms with Crippen LogP contribution >= 0.6 is 27.7 Å². The Morgan fingerprint density at radius 2 is 1.86 bits per heavy atom. The highest BCUT2D eigenvalue weighted by Gasteiger charge is 2.25. The van der Waals surface area contributed by atoms with Gasteiger partial charge in [-0.3, -0.25) is 14.5 Å². The molecule has 0 radical (unpaired) electrons. The minimum atomic E-state index is -0.00892. The summed E-state index contributed by atoms with van der Waals surface area (Å²) in [5, 5.41) is 3.52. The number of carbonyl (C=O) groups excluding carboxylic acids is 2. The van der Waals surface area contributed by atoms with Crippen molar-refractivity contribution >= 4 is 39.5 Å². The molecule has 0 bridgehead atoms. The Bertz CT molecular complexity index is 823. The molecular formula is C20H23BrN4O2S. The van der Waals surface area contributed by atoms with Gasteiger partial charge in [-0.25, -0.2) is 4.98 Å². The Balaban J connectivity index is 1.63. The summed E-state index contributed by atoms with van der Waals surface area (Å²) in [7, 11) is 0. The minimum Gasteiger partial charge on any atom is -0.355 e. The molecule has 0 spiro atoms. The first kappa shape index (κ1) is 20.8. The number of rotatable bonds is 6. The molecule has 1 aromatic heterocycles. The largest absolute Gasteiger partial charge is 0.355 e. The van der Waals surface area contributed by atoms with E-state index < -0.39 is 0 Å². The van der Waals surface area contributed by atoms with Crippen molar-refractivity contribution in [2.75, 3.05) is 39.3 Å². The molecule has 2 heterocycles. The summed E-state index contributed by atoms with van der Waals surface area (Å²) in [6.45, 7) is 5.53. The van der Waals surface area contributed by atoms with Crippen molar-refractivity contribution in [2.45, 2.75) is 16.8 Å². The molecule has 1 saturated heterocycles. The highest BCUT2D eigenvalue weighted by Crippen LogP contribution is 2.30. The molecule has 0 atom stereocenters. The zero-order valence-corrected chi connectivity index (χ0v) is 18.1. The molecule has 148 valence electrons. The number of halogens is 1. The van der Waals surface area contributed by atoms with Crippen LogP contribution in [0, 0.1) is 0 Å². The average Bonchev–Trinajstić information content (AvgIpc) is 2.70. The van der Waals surface area contributed by atoms with Crippen molar-refractivity contribution in [1.29, 1.82) is 0 Å². The zero-order chi connectivity index (χ0) is 19.9. The third-order valence-corrected chi connectivity index (χ3v) is 5.99. The second-order valence-corrected chi connectivity index (χ2v) is 8.41. The molecule has 0 unspecified atom stereocenters. The van der Waals surface area contributed by atoms with E-state index in [1.807, 2.05) is 42.2 Å². The van der Waals surface area contributed by atoms with Crippen LogP contribution < -0.4 is 5.32 Å². The molecule has 28 heavy (non-hydrogen) atoms. The van der Waals surface area contributed by atoms with Gasteiger partial charge in [0, 0.05) is 48.3 Å². The molecule has 1 aliphatic heterocycles. The van der Waals surface area contributed by atoms with E-state index in [-0.39, 0.29) is 11.8 Å². The zero-order valence-electron chi connectivity index (χ0n) is 15.7. The fraction of sp³-hybridized carbons (Fsp3) is 0.350. The molecule has 1 aliphatic rings. The first-order valence-electron chi connectivity index (χ1n) is 9.23. The second-order valence-electron chi connectivity index (χ2n) is 6.43. The van der Waals surface area contributed by atoms with Crippen LogP contribution in [0.3, 0.4) is 0 Å². The number of nitrogens with one attached hydrogen (secondary N) is 1. The molecule has 3 rings (SSSR count). The highest BCUT2D eigenvalue weighted by molar-refractivity contribution is 9.10. The first-order valence-corrected chi connectivity index (χ1v) is 10.8.